The van der Waals surface area contributed by atoms with Gasteiger partial charge in [-0.15, -0.1) is 11.3 Å². The number of nitrogens with zero attached hydrogens (tertiary/aromatic N) is 2. The summed E-state index contributed by atoms with van der Waals surface area (Å²) in [5.41, 5.74) is 1.44. The lowest BCUT2D eigenvalue weighted by atomic mass is 10.1. The number of carbonyl (C=O) groups excluding carboxylic acids is 1. The minimum absolute atomic E-state index is 0.0961. The number of hydrogen-bond acceptors (Lipinski definition) is 6. The molecule has 0 unspecified atom stereocenters. The molecule has 1 N–H and O–H groups in total. The van der Waals surface area contributed by atoms with Crippen molar-refractivity contribution in [3.05, 3.63) is 34.5 Å². The molecule has 0 spiro atoms. The Balaban J connectivity index is 1.67. The van der Waals surface area contributed by atoms with E-state index in [1.54, 1.807) is 18.3 Å². The average Bonchev–Trinajstić information content (AvgIpc) is 2.86. The van der Waals surface area contributed by atoms with Crippen molar-refractivity contribution in [3.8, 4) is 5.88 Å². The number of amides is 1. The summed E-state index contributed by atoms with van der Waals surface area (Å²) in [4.78, 5) is 21.9. The minimum atomic E-state index is -0.210. The molecule has 2 aromatic rings. The molecule has 1 aliphatic rings. The van der Waals surface area contributed by atoms with Gasteiger partial charge in [0.2, 0.25) is 5.88 Å². The van der Waals surface area contributed by atoms with Gasteiger partial charge in [0.05, 0.1) is 18.9 Å². The number of nitrogens with one attached hydrogen (secondary N) is 1. The number of anilines is 1. The predicted octanol–water partition coefficient (Wildman–Crippen LogP) is 2.97. The summed E-state index contributed by atoms with van der Waals surface area (Å²) in [5, 5.41) is 3.42. The van der Waals surface area contributed by atoms with Crippen molar-refractivity contribution in [2.24, 2.45) is 0 Å². The van der Waals surface area contributed by atoms with Gasteiger partial charge in [0.25, 0.3) is 5.91 Å². The van der Waals surface area contributed by atoms with Crippen LogP contribution < -0.4 is 10.1 Å². The monoisotopic (exact) mass is 333 g/mol. The van der Waals surface area contributed by atoms with Crippen LogP contribution in [0.2, 0.25) is 0 Å². The molecule has 6 nitrogen and oxygen atoms in total. The normalized spacial score (nSPS) is 15.4. The summed E-state index contributed by atoms with van der Waals surface area (Å²) in [6.45, 7) is 5.31. The third-order valence-corrected chi connectivity index (χ3v) is 4.69. The van der Waals surface area contributed by atoms with E-state index in [1.165, 1.54) is 11.3 Å². The van der Waals surface area contributed by atoms with Crippen molar-refractivity contribution in [3.63, 3.8) is 0 Å². The lowest BCUT2D eigenvalue weighted by Crippen LogP contribution is -2.26. The molecular weight excluding hydrogens is 314 g/mol. The van der Waals surface area contributed by atoms with E-state index in [2.05, 4.69) is 15.3 Å². The molecule has 2 aromatic heterocycles. The summed E-state index contributed by atoms with van der Waals surface area (Å²) in [7, 11) is 0. The fourth-order valence-corrected chi connectivity index (χ4v) is 3.08. The number of hydrogen-bond donors (Lipinski definition) is 1. The van der Waals surface area contributed by atoms with Crippen LogP contribution in [-0.4, -0.2) is 35.2 Å². The molecule has 0 atom stereocenters. The molecular formula is C16H19N3O3S. The predicted molar refractivity (Wildman–Crippen MR) is 88.2 cm³/mol. The average molecular weight is 333 g/mol. The van der Waals surface area contributed by atoms with Crippen molar-refractivity contribution in [1.29, 1.82) is 0 Å². The summed E-state index contributed by atoms with van der Waals surface area (Å²) < 4.78 is 11.1. The Bertz CT molecular complexity index is 676. The largest absolute Gasteiger partial charge is 0.474 e. The van der Waals surface area contributed by atoms with Crippen molar-refractivity contribution < 1.29 is 14.3 Å². The first kappa shape index (κ1) is 15.9. The van der Waals surface area contributed by atoms with Crippen LogP contribution in [0.3, 0.4) is 0 Å². The molecule has 0 saturated carbocycles. The van der Waals surface area contributed by atoms with Gasteiger partial charge < -0.3 is 9.47 Å². The van der Waals surface area contributed by atoms with Gasteiger partial charge in [0, 0.05) is 35.5 Å². The summed E-state index contributed by atoms with van der Waals surface area (Å²) in [6.07, 6.45) is 3.37. The second kappa shape index (κ2) is 7.06. The maximum atomic E-state index is 12.3. The Labute approximate surface area is 138 Å². The zero-order chi connectivity index (χ0) is 16.2. The minimum Gasteiger partial charge on any atom is -0.474 e. The van der Waals surface area contributed by atoms with Crippen LogP contribution >= 0.6 is 11.3 Å². The molecule has 7 heteroatoms. The van der Waals surface area contributed by atoms with Crippen LogP contribution in [0.5, 0.6) is 5.88 Å². The van der Waals surface area contributed by atoms with Crippen LogP contribution in [0, 0.1) is 13.8 Å². The zero-order valence-corrected chi connectivity index (χ0v) is 14.0. The molecule has 23 heavy (non-hydrogen) atoms. The van der Waals surface area contributed by atoms with E-state index in [-0.39, 0.29) is 12.0 Å². The van der Waals surface area contributed by atoms with E-state index in [0.29, 0.717) is 29.8 Å². The van der Waals surface area contributed by atoms with Crippen molar-refractivity contribution in [1.82, 2.24) is 9.97 Å². The fourth-order valence-electron chi connectivity index (χ4n) is 2.28. The standard InChI is InChI=1S/C16H19N3O3S/c1-10-11(2)23-16(18-10)19-15(20)12-3-6-17-14(9-12)22-13-4-7-21-8-5-13/h3,6,9,13H,4-5,7-8H2,1-2H3,(H,18,19,20). The Kier molecular flexibility index (Phi) is 4.88. The highest BCUT2D eigenvalue weighted by atomic mass is 32.1. The lowest BCUT2D eigenvalue weighted by Gasteiger charge is -2.22. The SMILES string of the molecule is Cc1nc(NC(=O)c2ccnc(OC3CCOCC3)c2)sc1C. The molecule has 1 aliphatic heterocycles. The number of rotatable bonds is 4. The molecule has 3 heterocycles. The first-order chi connectivity index (χ1) is 11.1. The Morgan fingerprint density at radius 1 is 1.39 bits per heavy atom. The highest BCUT2D eigenvalue weighted by Crippen LogP contribution is 2.22. The van der Waals surface area contributed by atoms with E-state index in [0.717, 1.165) is 23.4 Å². The molecule has 0 radical (unpaired) electrons. The number of carbonyl (C=O) groups is 1. The number of thiazole rings is 1. The molecule has 1 saturated heterocycles. The molecule has 3 rings (SSSR count). The third-order valence-electron chi connectivity index (χ3n) is 3.70. The van der Waals surface area contributed by atoms with Gasteiger partial charge in [0.1, 0.15) is 6.10 Å². The van der Waals surface area contributed by atoms with E-state index in [1.807, 2.05) is 13.8 Å². The van der Waals surface area contributed by atoms with Gasteiger partial charge in [-0.3, -0.25) is 10.1 Å². The maximum absolute atomic E-state index is 12.3. The number of aromatic nitrogens is 2. The van der Waals surface area contributed by atoms with Crippen molar-refractivity contribution in [2.75, 3.05) is 18.5 Å². The fraction of sp³-hybridized carbons (Fsp3) is 0.438. The van der Waals surface area contributed by atoms with E-state index < -0.39 is 0 Å². The number of ether oxygens (including phenoxy) is 2. The molecule has 0 bridgehead atoms. The highest BCUT2D eigenvalue weighted by molar-refractivity contribution is 7.15. The van der Waals surface area contributed by atoms with Gasteiger partial charge in [-0.1, -0.05) is 0 Å². The van der Waals surface area contributed by atoms with Crippen molar-refractivity contribution in [2.45, 2.75) is 32.8 Å². The van der Waals surface area contributed by atoms with Crippen LogP contribution in [0.25, 0.3) is 0 Å². The first-order valence-electron chi connectivity index (χ1n) is 7.57. The van der Waals surface area contributed by atoms with E-state index >= 15 is 0 Å². The van der Waals surface area contributed by atoms with Crippen LogP contribution in [-0.2, 0) is 4.74 Å². The number of pyridine rings is 1. The van der Waals surface area contributed by atoms with Gasteiger partial charge in [0.15, 0.2) is 5.13 Å². The van der Waals surface area contributed by atoms with Gasteiger partial charge in [-0.05, 0) is 19.9 Å². The second-order valence-corrected chi connectivity index (χ2v) is 6.63. The van der Waals surface area contributed by atoms with Crippen LogP contribution in [0.15, 0.2) is 18.3 Å². The Morgan fingerprint density at radius 3 is 2.87 bits per heavy atom. The quantitative estimate of drug-likeness (QED) is 0.931. The highest BCUT2D eigenvalue weighted by Gasteiger charge is 2.17. The van der Waals surface area contributed by atoms with Crippen LogP contribution in [0.1, 0.15) is 33.8 Å². The number of aryl methyl sites for hydroxylation is 2. The summed E-state index contributed by atoms with van der Waals surface area (Å²) in [6, 6.07) is 3.33. The topological polar surface area (TPSA) is 73.3 Å². The molecule has 1 amide bonds. The second-order valence-electron chi connectivity index (χ2n) is 5.43. The molecule has 0 aromatic carbocycles. The van der Waals surface area contributed by atoms with Crippen molar-refractivity contribution >= 4 is 22.4 Å². The van der Waals surface area contributed by atoms with Gasteiger partial charge in [-0.25, -0.2) is 9.97 Å². The summed E-state index contributed by atoms with van der Waals surface area (Å²) in [5.74, 6) is 0.258. The smallest absolute Gasteiger partial charge is 0.257 e. The Morgan fingerprint density at radius 2 is 2.17 bits per heavy atom. The third kappa shape index (κ3) is 4.05. The van der Waals surface area contributed by atoms with E-state index in [4.69, 9.17) is 9.47 Å². The molecule has 122 valence electrons. The zero-order valence-electron chi connectivity index (χ0n) is 13.2. The Hall–Kier alpha value is -1.99. The van der Waals surface area contributed by atoms with E-state index in [9.17, 15) is 4.79 Å². The molecule has 1 fully saturated rings. The lowest BCUT2D eigenvalue weighted by molar-refractivity contribution is 0.0237. The van der Waals surface area contributed by atoms with Gasteiger partial charge in [-0.2, -0.15) is 0 Å². The van der Waals surface area contributed by atoms with Crippen LogP contribution in [0.4, 0.5) is 5.13 Å². The maximum Gasteiger partial charge on any atom is 0.257 e. The summed E-state index contributed by atoms with van der Waals surface area (Å²) >= 11 is 1.47. The first-order valence-corrected chi connectivity index (χ1v) is 8.39. The molecule has 0 aliphatic carbocycles. The van der Waals surface area contributed by atoms with Gasteiger partial charge >= 0.3 is 0 Å².